The molecule has 0 aliphatic carbocycles. The van der Waals surface area contributed by atoms with E-state index >= 15 is 0 Å². The maximum Gasteiger partial charge on any atom is 0.128 e. The van der Waals surface area contributed by atoms with Crippen LogP contribution in [0.25, 0.3) is 0 Å². The predicted molar refractivity (Wildman–Crippen MR) is 85.1 cm³/mol. The van der Waals surface area contributed by atoms with Gasteiger partial charge < -0.3 is 19.9 Å². The molecule has 0 radical (unpaired) electrons. The third-order valence-electron chi connectivity index (χ3n) is 3.85. The fourth-order valence-corrected chi connectivity index (χ4v) is 2.67. The molecule has 0 saturated carbocycles. The molecule has 4 nitrogen and oxygen atoms in total. The monoisotopic (exact) mass is 299 g/mol. The molecule has 2 atom stereocenters. The van der Waals surface area contributed by atoms with Crippen molar-refractivity contribution >= 4 is 0 Å². The summed E-state index contributed by atoms with van der Waals surface area (Å²) in [6, 6.07) is 15.9. The standard InChI is InChI=1S/C18H21NO3/c1-20-14-7-8-16-17(19)9-15(22-18(16)10-14)12-21-11-13-5-3-2-4-6-13/h2-8,10,15,17H,9,11-12,19H2,1H3/t15-,17-/m0/s1. The van der Waals surface area contributed by atoms with Crippen LogP contribution in [0.3, 0.4) is 0 Å². The van der Waals surface area contributed by atoms with E-state index in [1.807, 2.05) is 48.5 Å². The molecule has 2 aromatic carbocycles. The highest BCUT2D eigenvalue weighted by atomic mass is 16.5. The van der Waals surface area contributed by atoms with Crippen molar-refractivity contribution in [1.82, 2.24) is 0 Å². The molecule has 2 N–H and O–H groups in total. The molecule has 0 spiro atoms. The molecule has 0 fully saturated rings. The van der Waals surface area contributed by atoms with E-state index in [9.17, 15) is 0 Å². The van der Waals surface area contributed by atoms with Crippen LogP contribution < -0.4 is 15.2 Å². The molecule has 0 bridgehead atoms. The highest BCUT2D eigenvalue weighted by Crippen LogP contribution is 2.36. The summed E-state index contributed by atoms with van der Waals surface area (Å²) in [5.74, 6) is 1.57. The van der Waals surface area contributed by atoms with E-state index in [0.717, 1.165) is 29.0 Å². The molecule has 22 heavy (non-hydrogen) atoms. The molecule has 1 aliphatic rings. The van der Waals surface area contributed by atoms with E-state index < -0.39 is 0 Å². The zero-order valence-electron chi connectivity index (χ0n) is 12.7. The van der Waals surface area contributed by atoms with Crippen molar-refractivity contribution in [1.29, 1.82) is 0 Å². The van der Waals surface area contributed by atoms with Gasteiger partial charge in [-0.2, -0.15) is 0 Å². The van der Waals surface area contributed by atoms with Gasteiger partial charge in [0, 0.05) is 24.1 Å². The van der Waals surface area contributed by atoms with Crippen LogP contribution in [-0.2, 0) is 11.3 Å². The molecule has 0 unspecified atom stereocenters. The molecule has 1 aliphatic heterocycles. The SMILES string of the molecule is COc1ccc2c(c1)O[C@H](COCc1ccccc1)C[C@@H]2N. The number of benzene rings is 2. The lowest BCUT2D eigenvalue weighted by Gasteiger charge is -2.30. The zero-order valence-corrected chi connectivity index (χ0v) is 12.7. The second-order valence-electron chi connectivity index (χ2n) is 5.49. The van der Waals surface area contributed by atoms with Crippen molar-refractivity contribution in [2.45, 2.75) is 25.2 Å². The number of hydrogen-bond acceptors (Lipinski definition) is 4. The topological polar surface area (TPSA) is 53.7 Å². The van der Waals surface area contributed by atoms with Gasteiger partial charge in [0.15, 0.2) is 0 Å². The first kappa shape index (κ1) is 14.9. The quantitative estimate of drug-likeness (QED) is 0.922. The molecule has 4 heteroatoms. The molecular formula is C18H21NO3. The van der Waals surface area contributed by atoms with Gasteiger partial charge in [-0.1, -0.05) is 36.4 Å². The minimum absolute atomic E-state index is 0.0278. The van der Waals surface area contributed by atoms with Crippen molar-refractivity contribution in [3.63, 3.8) is 0 Å². The number of fused-ring (bicyclic) bond motifs is 1. The fourth-order valence-electron chi connectivity index (χ4n) is 2.67. The minimum Gasteiger partial charge on any atom is -0.497 e. The number of hydrogen-bond donors (Lipinski definition) is 1. The van der Waals surface area contributed by atoms with Crippen LogP contribution in [0, 0.1) is 0 Å². The Morgan fingerprint density at radius 2 is 2.00 bits per heavy atom. The third kappa shape index (κ3) is 3.40. The van der Waals surface area contributed by atoms with Crippen LogP contribution in [0.1, 0.15) is 23.6 Å². The van der Waals surface area contributed by atoms with Crippen LogP contribution in [-0.4, -0.2) is 19.8 Å². The summed E-state index contributed by atoms with van der Waals surface area (Å²) in [6.07, 6.45) is 0.729. The van der Waals surface area contributed by atoms with E-state index in [2.05, 4.69) is 0 Å². The summed E-state index contributed by atoms with van der Waals surface area (Å²) in [7, 11) is 1.64. The second-order valence-corrected chi connectivity index (χ2v) is 5.49. The third-order valence-corrected chi connectivity index (χ3v) is 3.85. The van der Waals surface area contributed by atoms with Crippen molar-refractivity contribution < 1.29 is 14.2 Å². The van der Waals surface area contributed by atoms with Gasteiger partial charge in [0.25, 0.3) is 0 Å². The van der Waals surface area contributed by atoms with E-state index in [4.69, 9.17) is 19.9 Å². The largest absolute Gasteiger partial charge is 0.497 e. The summed E-state index contributed by atoms with van der Waals surface area (Å²) >= 11 is 0. The van der Waals surface area contributed by atoms with Gasteiger partial charge in [-0.15, -0.1) is 0 Å². The Bertz CT molecular complexity index is 615. The average molecular weight is 299 g/mol. The Morgan fingerprint density at radius 1 is 1.18 bits per heavy atom. The lowest BCUT2D eigenvalue weighted by Crippen LogP contribution is -2.33. The molecular weight excluding hydrogens is 278 g/mol. The van der Waals surface area contributed by atoms with E-state index in [0.29, 0.717) is 13.2 Å². The Hall–Kier alpha value is -2.04. The number of nitrogens with two attached hydrogens (primary N) is 1. The fraction of sp³-hybridized carbons (Fsp3) is 0.333. The molecule has 0 amide bonds. The maximum atomic E-state index is 6.23. The smallest absolute Gasteiger partial charge is 0.128 e. The first-order valence-electron chi connectivity index (χ1n) is 7.48. The van der Waals surface area contributed by atoms with Crippen LogP contribution in [0.15, 0.2) is 48.5 Å². The summed E-state index contributed by atoms with van der Waals surface area (Å²) in [6.45, 7) is 1.11. The lowest BCUT2D eigenvalue weighted by atomic mass is 9.97. The number of methoxy groups -OCH3 is 1. The van der Waals surface area contributed by atoms with Gasteiger partial charge in [-0.3, -0.25) is 0 Å². The molecule has 2 aromatic rings. The van der Waals surface area contributed by atoms with Gasteiger partial charge in [0.05, 0.1) is 20.3 Å². The van der Waals surface area contributed by atoms with Crippen LogP contribution in [0.2, 0.25) is 0 Å². The van der Waals surface area contributed by atoms with Gasteiger partial charge in [0.1, 0.15) is 17.6 Å². The zero-order chi connectivity index (χ0) is 15.4. The van der Waals surface area contributed by atoms with Crippen molar-refractivity contribution in [2.75, 3.05) is 13.7 Å². The Kier molecular flexibility index (Phi) is 4.61. The number of rotatable bonds is 5. The normalized spacial score (nSPS) is 20.1. The summed E-state index contributed by atoms with van der Waals surface area (Å²) in [4.78, 5) is 0. The van der Waals surface area contributed by atoms with Crippen LogP contribution in [0.5, 0.6) is 11.5 Å². The molecule has 116 valence electrons. The summed E-state index contributed by atoms with van der Waals surface area (Å²) < 4.78 is 17.0. The van der Waals surface area contributed by atoms with E-state index in [1.54, 1.807) is 7.11 Å². The van der Waals surface area contributed by atoms with Gasteiger partial charge in [-0.25, -0.2) is 0 Å². The molecule has 0 aromatic heterocycles. The minimum atomic E-state index is -0.0293. The highest BCUT2D eigenvalue weighted by molar-refractivity contribution is 5.43. The Morgan fingerprint density at radius 3 is 2.77 bits per heavy atom. The van der Waals surface area contributed by atoms with Gasteiger partial charge in [-0.05, 0) is 11.6 Å². The van der Waals surface area contributed by atoms with Crippen LogP contribution >= 0.6 is 0 Å². The van der Waals surface area contributed by atoms with Crippen molar-refractivity contribution in [2.24, 2.45) is 5.73 Å². The van der Waals surface area contributed by atoms with Crippen molar-refractivity contribution in [3.05, 3.63) is 59.7 Å². The van der Waals surface area contributed by atoms with E-state index in [-0.39, 0.29) is 12.1 Å². The van der Waals surface area contributed by atoms with Gasteiger partial charge in [0.2, 0.25) is 0 Å². The maximum absolute atomic E-state index is 6.23. The number of ether oxygens (including phenoxy) is 3. The van der Waals surface area contributed by atoms with Gasteiger partial charge >= 0.3 is 0 Å². The van der Waals surface area contributed by atoms with E-state index in [1.165, 1.54) is 0 Å². The molecule has 0 saturated heterocycles. The lowest BCUT2D eigenvalue weighted by molar-refractivity contribution is 0.0267. The Labute approximate surface area is 130 Å². The molecule has 1 heterocycles. The highest BCUT2D eigenvalue weighted by Gasteiger charge is 2.26. The van der Waals surface area contributed by atoms with Crippen molar-refractivity contribution in [3.8, 4) is 11.5 Å². The first-order chi connectivity index (χ1) is 10.8. The Balaban J connectivity index is 1.59. The van der Waals surface area contributed by atoms with Crippen LogP contribution in [0.4, 0.5) is 0 Å². The average Bonchev–Trinajstić information content (AvgIpc) is 2.55. The summed E-state index contributed by atoms with van der Waals surface area (Å²) in [5.41, 5.74) is 8.42. The summed E-state index contributed by atoms with van der Waals surface area (Å²) in [5, 5.41) is 0. The first-order valence-corrected chi connectivity index (χ1v) is 7.48. The molecule has 3 rings (SSSR count). The second kappa shape index (κ2) is 6.81. The predicted octanol–water partition coefficient (Wildman–Crippen LogP) is 3.06.